The molecule has 166 valence electrons. The highest BCUT2D eigenvalue weighted by Gasteiger charge is 2.19. The Labute approximate surface area is 192 Å². The summed E-state index contributed by atoms with van der Waals surface area (Å²) in [5.41, 5.74) is 2.64. The number of amides is 1. The van der Waals surface area contributed by atoms with Crippen LogP contribution in [0.4, 0.5) is 5.13 Å². The first-order valence-corrected chi connectivity index (χ1v) is 11.7. The molecule has 1 aliphatic rings. The van der Waals surface area contributed by atoms with E-state index < -0.39 is 0 Å². The highest BCUT2D eigenvalue weighted by Crippen LogP contribution is 2.32. The maximum absolute atomic E-state index is 12.5. The Morgan fingerprint density at radius 3 is 2.38 bits per heavy atom. The van der Waals surface area contributed by atoms with Crippen LogP contribution in [0, 0.1) is 0 Å². The van der Waals surface area contributed by atoms with Gasteiger partial charge in [-0.1, -0.05) is 72.0 Å². The maximum Gasteiger partial charge on any atom is 0.226 e. The van der Waals surface area contributed by atoms with Crippen molar-refractivity contribution in [3.8, 4) is 11.3 Å². The van der Waals surface area contributed by atoms with Crippen LogP contribution in [0.5, 0.6) is 0 Å². The lowest BCUT2D eigenvalue weighted by Gasteiger charge is -2.26. The summed E-state index contributed by atoms with van der Waals surface area (Å²) in [7, 11) is 0. The minimum Gasteiger partial charge on any atom is -0.379 e. The lowest BCUT2D eigenvalue weighted by molar-refractivity contribution is -0.116. The minimum atomic E-state index is -0.114. The Morgan fingerprint density at radius 1 is 0.969 bits per heavy atom. The summed E-state index contributed by atoms with van der Waals surface area (Å²) < 4.78 is 5.46. The van der Waals surface area contributed by atoms with Gasteiger partial charge in [-0.05, 0) is 6.42 Å². The molecule has 2 aromatic carbocycles. The van der Waals surface area contributed by atoms with Gasteiger partial charge in [0, 0.05) is 48.5 Å². The van der Waals surface area contributed by atoms with Gasteiger partial charge in [-0.3, -0.25) is 14.5 Å². The van der Waals surface area contributed by atoms with E-state index in [1.54, 1.807) is 12.1 Å². The monoisotopic (exact) mass is 449 g/mol. The number of benzene rings is 2. The molecule has 0 atom stereocenters. The van der Waals surface area contributed by atoms with Gasteiger partial charge in [0.15, 0.2) is 10.9 Å². The summed E-state index contributed by atoms with van der Waals surface area (Å²) in [6, 6.07) is 19.2. The number of carbonyl (C=O) groups excluding carboxylic acids is 2. The molecule has 1 saturated heterocycles. The molecule has 1 N–H and O–H groups in total. The van der Waals surface area contributed by atoms with E-state index in [0.29, 0.717) is 23.5 Å². The van der Waals surface area contributed by atoms with Gasteiger partial charge in [-0.2, -0.15) is 0 Å². The standard InChI is InChI=1S/C25H27N3O3S/c29-21(19-8-3-1-4-9-19)12-7-13-23(30)26-25-27-24(20-10-5-2-6-11-20)22(32-25)18-28-14-16-31-17-15-28/h1-6,8-11H,7,12-18H2,(H,26,27,30). The Balaban J connectivity index is 1.38. The summed E-state index contributed by atoms with van der Waals surface area (Å²) in [6.07, 6.45) is 1.15. The summed E-state index contributed by atoms with van der Waals surface area (Å²) in [5, 5.41) is 3.54. The average molecular weight is 450 g/mol. The number of rotatable bonds is 9. The first kappa shape index (κ1) is 22.3. The molecule has 0 unspecified atom stereocenters. The molecule has 6 nitrogen and oxygen atoms in total. The molecule has 0 spiro atoms. The van der Waals surface area contributed by atoms with Crippen LogP contribution >= 0.6 is 11.3 Å². The number of hydrogen-bond donors (Lipinski definition) is 1. The molecule has 1 aromatic heterocycles. The van der Waals surface area contributed by atoms with Crippen molar-refractivity contribution in [3.63, 3.8) is 0 Å². The number of nitrogens with zero attached hydrogens (tertiary/aromatic N) is 2. The second-order valence-electron chi connectivity index (χ2n) is 7.74. The van der Waals surface area contributed by atoms with Crippen molar-refractivity contribution >= 4 is 28.2 Å². The second kappa shape index (κ2) is 11.1. The van der Waals surface area contributed by atoms with E-state index in [9.17, 15) is 9.59 Å². The molecule has 7 heteroatoms. The lowest BCUT2D eigenvalue weighted by atomic mass is 10.1. The quantitative estimate of drug-likeness (QED) is 0.482. The predicted molar refractivity (Wildman–Crippen MR) is 127 cm³/mol. The first-order valence-electron chi connectivity index (χ1n) is 10.9. The first-order chi connectivity index (χ1) is 15.7. The molecule has 0 radical (unpaired) electrons. The van der Waals surface area contributed by atoms with Crippen LogP contribution in [0.3, 0.4) is 0 Å². The molecule has 32 heavy (non-hydrogen) atoms. The van der Waals surface area contributed by atoms with Crippen LogP contribution in [-0.4, -0.2) is 47.9 Å². The number of morpholine rings is 1. The fourth-order valence-electron chi connectivity index (χ4n) is 3.66. The van der Waals surface area contributed by atoms with E-state index in [2.05, 4.69) is 10.2 Å². The summed E-state index contributed by atoms with van der Waals surface area (Å²) in [5.74, 6) is -0.0519. The largest absolute Gasteiger partial charge is 0.379 e. The summed E-state index contributed by atoms with van der Waals surface area (Å²) in [4.78, 5) is 32.9. The van der Waals surface area contributed by atoms with Crippen molar-refractivity contribution in [2.24, 2.45) is 0 Å². The number of ether oxygens (including phenoxy) is 1. The number of thiazole rings is 1. The molecule has 3 aromatic rings. The van der Waals surface area contributed by atoms with Crippen molar-refractivity contribution in [1.29, 1.82) is 0 Å². The van der Waals surface area contributed by atoms with E-state index >= 15 is 0 Å². The third kappa shape index (κ3) is 6.09. The predicted octanol–water partition coefficient (Wildman–Crippen LogP) is 4.63. The van der Waals surface area contributed by atoms with Crippen LogP contribution in [0.1, 0.15) is 34.5 Å². The molecular weight excluding hydrogens is 422 g/mol. The molecular formula is C25H27N3O3S. The van der Waals surface area contributed by atoms with Crippen molar-refractivity contribution in [2.45, 2.75) is 25.8 Å². The fourth-order valence-corrected chi connectivity index (χ4v) is 4.70. The van der Waals surface area contributed by atoms with E-state index in [-0.39, 0.29) is 18.1 Å². The van der Waals surface area contributed by atoms with Gasteiger partial charge in [-0.15, -0.1) is 0 Å². The zero-order chi connectivity index (χ0) is 22.2. The van der Waals surface area contributed by atoms with E-state index in [1.807, 2.05) is 48.5 Å². The third-order valence-electron chi connectivity index (χ3n) is 5.37. The molecule has 1 amide bonds. The Bertz CT molecular complexity index is 1030. The van der Waals surface area contributed by atoms with E-state index in [1.165, 1.54) is 11.3 Å². The van der Waals surface area contributed by atoms with Crippen molar-refractivity contribution in [2.75, 3.05) is 31.6 Å². The Morgan fingerprint density at radius 2 is 1.66 bits per heavy atom. The average Bonchev–Trinajstić information content (AvgIpc) is 3.22. The number of aromatic nitrogens is 1. The molecule has 0 aliphatic carbocycles. The van der Waals surface area contributed by atoms with E-state index in [4.69, 9.17) is 9.72 Å². The zero-order valence-electron chi connectivity index (χ0n) is 18.0. The number of Topliss-reactive ketones (excluding diaryl/α,β-unsaturated/α-hetero) is 1. The molecule has 4 rings (SSSR count). The third-order valence-corrected chi connectivity index (χ3v) is 6.32. The van der Waals surface area contributed by atoms with Gasteiger partial charge in [0.05, 0.1) is 18.9 Å². The highest BCUT2D eigenvalue weighted by molar-refractivity contribution is 7.16. The molecule has 0 bridgehead atoms. The fraction of sp³-hybridized carbons (Fsp3) is 0.320. The van der Waals surface area contributed by atoms with Gasteiger partial charge in [0.1, 0.15) is 0 Å². The molecule has 1 aliphatic heterocycles. The molecule has 1 fully saturated rings. The number of anilines is 1. The maximum atomic E-state index is 12.5. The lowest BCUT2D eigenvalue weighted by Crippen LogP contribution is -2.35. The Kier molecular flexibility index (Phi) is 7.77. The van der Waals surface area contributed by atoms with Gasteiger partial charge >= 0.3 is 0 Å². The van der Waals surface area contributed by atoms with Crippen LogP contribution in [0.2, 0.25) is 0 Å². The van der Waals surface area contributed by atoms with Crippen LogP contribution in [0.15, 0.2) is 60.7 Å². The van der Waals surface area contributed by atoms with Crippen molar-refractivity contribution in [3.05, 3.63) is 71.1 Å². The van der Waals surface area contributed by atoms with Gasteiger partial charge in [0.2, 0.25) is 5.91 Å². The topological polar surface area (TPSA) is 71.5 Å². The number of nitrogens with one attached hydrogen (secondary N) is 1. The summed E-state index contributed by atoms with van der Waals surface area (Å²) >= 11 is 1.52. The van der Waals surface area contributed by atoms with Crippen LogP contribution < -0.4 is 5.32 Å². The normalized spacial score (nSPS) is 14.2. The number of carbonyl (C=O) groups is 2. The smallest absolute Gasteiger partial charge is 0.226 e. The minimum absolute atomic E-state index is 0.0619. The Hall–Kier alpha value is -2.87. The van der Waals surface area contributed by atoms with Crippen LogP contribution in [0.25, 0.3) is 11.3 Å². The van der Waals surface area contributed by atoms with Crippen molar-refractivity contribution < 1.29 is 14.3 Å². The van der Waals surface area contributed by atoms with E-state index in [0.717, 1.165) is 49.0 Å². The second-order valence-corrected chi connectivity index (χ2v) is 8.82. The van der Waals surface area contributed by atoms with Gasteiger partial charge in [-0.25, -0.2) is 4.98 Å². The number of ketones is 1. The highest BCUT2D eigenvalue weighted by atomic mass is 32.1. The molecule has 0 saturated carbocycles. The molecule has 2 heterocycles. The van der Waals surface area contributed by atoms with Gasteiger partial charge < -0.3 is 10.1 Å². The zero-order valence-corrected chi connectivity index (χ0v) is 18.8. The van der Waals surface area contributed by atoms with Crippen LogP contribution in [-0.2, 0) is 16.1 Å². The van der Waals surface area contributed by atoms with Gasteiger partial charge in [0.25, 0.3) is 0 Å². The SMILES string of the molecule is O=C(CCCC(=O)c1ccccc1)Nc1nc(-c2ccccc2)c(CN2CCOCC2)s1. The number of hydrogen-bond acceptors (Lipinski definition) is 6. The van der Waals surface area contributed by atoms with Crippen molar-refractivity contribution in [1.82, 2.24) is 9.88 Å². The summed E-state index contributed by atoms with van der Waals surface area (Å²) in [6.45, 7) is 4.05.